The maximum absolute atomic E-state index is 11.3. The summed E-state index contributed by atoms with van der Waals surface area (Å²) in [6, 6.07) is 6.00. The molecule has 1 N–H and O–H groups in total. The average Bonchev–Trinajstić information content (AvgIpc) is 3.09. The van der Waals surface area contributed by atoms with E-state index in [-0.39, 0.29) is 0 Å². The third kappa shape index (κ3) is 1.54. The lowest BCUT2D eigenvalue weighted by molar-refractivity contribution is 0.0699. The Bertz CT molecular complexity index is 704. The molecule has 2 saturated carbocycles. The van der Waals surface area contributed by atoms with E-state index in [1.54, 1.807) is 6.07 Å². The van der Waals surface area contributed by atoms with Crippen LogP contribution in [-0.2, 0) is 0 Å². The van der Waals surface area contributed by atoms with Gasteiger partial charge in [-0.25, -0.2) is 9.78 Å². The number of para-hydroxylation sites is 1. The van der Waals surface area contributed by atoms with Crippen molar-refractivity contribution in [3.05, 3.63) is 29.6 Å². The van der Waals surface area contributed by atoms with E-state index >= 15 is 0 Å². The molecule has 0 radical (unpaired) electrons. The van der Waals surface area contributed by atoms with Crippen molar-refractivity contribution >= 4 is 17.0 Å². The van der Waals surface area contributed by atoms with Crippen LogP contribution in [0.1, 0.15) is 47.9 Å². The third-order valence-corrected chi connectivity index (χ3v) is 5.16. The lowest BCUT2D eigenvalue weighted by Gasteiger charge is -2.25. The number of aryl methyl sites for hydroxylation is 1. The molecule has 2 bridgehead atoms. The second-order valence-electron chi connectivity index (χ2n) is 6.25. The molecule has 3 unspecified atom stereocenters. The average molecular weight is 270 g/mol. The van der Waals surface area contributed by atoms with Gasteiger partial charge in [0.25, 0.3) is 0 Å². The van der Waals surface area contributed by atoms with Crippen LogP contribution < -0.4 is 0 Å². The Balaban J connectivity index is 1.90. The van der Waals surface area contributed by atoms with Gasteiger partial charge in [0.1, 0.15) is 11.3 Å². The number of hydrogen-bond acceptors (Lipinski definition) is 2. The van der Waals surface area contributed by atoms with Gasteiger partial charge in [0.2, 0.25) is 0 Å². The maximum atomic E-state index is 11.3. The number of aromatic nitrogens is 2. The van der Waals surface area contributed by atoms with Gasteiger partial charge in [-0.1, -0.05) is 12.5 Å². The van der Waals surface area contributed by atoms with Gasteiger partial charge in [0.15, 0.2) is 0 Å². The monoisotopic (exact) mass is 270 g/mol. The standard InChI is InChI=1S/C16H18N2O2/c1-9-17-15-12(16(19)20)3-2-4-13(15)18(9)14-8-10-5-6-11(14)7-10/h2-4,10-11,14H,5-8H2,1H3,(H,19,20). The van der Waals surface area contributed by atoms with Crippen molar-refractivity contribution in [1.29, 1.82) is 0 Å². The van der Waals surface area contributed by atoms with Gasteiger partial charge < -0.3 is 9.67 Å². The highest BCUT2D eigenvalue weighted by molar-refractivity contribution is 6.01. The van der Waals surface area contributed by atoms with Gasteiger partial charge in [-0.15, -0.1) is 0 Å². The lowest BCUT2D eigenvalue weighted by atomic mass is 9.95. The Morgan fingerprint density at radius 3 is 2.85 bits per heavy atom. The fourth-order valence-electron chi connectivity index (χ4n) is 4.35. The van der Waals surface area contributed by atoms with E-state index in [0.29, 0.717) is 17.1 Å². The molecule has 0 spiro atoms. The summed E-state index contributed by atoms with van der Waals surface area (Å²) < 4.78 is 2.30. The molecule has 4 heteroatoms. The first-order valence-corrected chi connectivity index (χ1v) is 7.36. The number of carbonyl (C=O) groups is 1. The van der Waals surface area contributed by atoms with Gasteiger partial charge in [-0.05, 0) is 50.2 Å². The summed E-state index contributed by atoms with van der Waals surface area (Å²) in [5.41, 5.74) is 1.94. The number of fused-ring (bicyclic) bond motifs is 3. The molecule has 0 amide bonds. The molecule has 2 aromatic rings. The van der Waals surface area contributed by atoms with E-state index in [2.05, 4.69) is 9.55 Å². The van der Waals surface area contributed by atoms with Crippen molar-refractivity contribution in [3.63, 3.8) is 0 Å². The zero-order chi connectivity index (χ0) is 13.9. The van der Waals surface area contributed by atoms with Gasteiger partial charge >= 0.3 is 5.97 Å². The summed E-state index contributed by atoms with van der Waals surface area (Å²) >= 11 is 0. The molecule has 1 aromatic carbocycles. The van der Waals surface area contributed by atoms with Crippen LogP contribution in [0.5, 0.6) is 0 Å². The van der Waals surface area contributed by atoms with Crippen LogP contribution in [0, 0.1) is 18.8 Å². The minimum atomic E-state index is -0.895. The molecular formula is C16H18N2O2. The molecule has 2 fully saturated rings. The van der Waals surface area contributed by atoms with Crippen LogP contribution in [-0.4, -0.2) is 20.6 Å². The molecule has 3 atom stereocenters. The molecule has 2 aliphatic carbocycles. The summed E-state index contributed by atoms with van der Waals surface area (Å²) in [7, 11) is 0. The first-order valence-electron chi connectivity index (χ1n) is 7.36. The number of benzene rings is 1. The lowest BCUT2D eigenvalue weighted by Crippen LogP contribution is -2.17. The van der Waals surface area contributed by atoms with Crippen LogP contribution in [0.15, 0.2) is 18.2 Å². The Kier molecular flexibility index (Phi) is 2.43. The predicted octanol–water partition coefficient (Wildman–Crippen LogP) is 3.40. The van der Waals surface area contributed by atoms with Gasteiger partial charge in [0, 0.05) is 6.04 Å². The van der Waals surface area contributed by atoms with Crippen molar-refractivity contribution in [2.45, 2.75) is 38.6 Å². The molecule has 0 saturated heterocycles. The van der Waals surface area contributed by atoms with Gasteiger partial charge in [-0.3, -0.25) is 0 Å². The molecule has 1 heterocycles. The smallest absolute Gasteiger partial charge is 0.337 e. The molecule has 104 valence electrons. The molecule has 2 aliphatic rings. The van der Waals surface area contributed by atoms with E-state index in [1.807, 2.05) is 19.1 Å². The normalized spacial score (nSPS) is 28.4. The van der Waals surface area contributed by atoms with Crippen LogP contribution in [0.4, 0.5) is 0 Å². The van der Waals surface area contributed by atoms with E-state index < -0.39 is 5.97 Å². The van der Waals surface area contributed by atoms with Crippen LogP contribution in [0.2, 0.25) is 0 Å². The Labute approximate surface area is 117 Å². The zero-order valence-electron chi connectivity index (χ0n) is 11.5. The minimum absolute atomic E-state index is 0.313. The van der Waals surface area contributed by atoms with Crippen molar-refractivity contribution < 1.29 is 9.90 Å². The number of rotatable bonds is 2. The van der Waals surface area contributed by atoms with Crippen LogP contribution in [0.25, 0.3) is 11.0 Å². The Morgan fingerprint density at radius 2 is 2.20 bits per heavy atom. The number of imidazole rings is 1. The number of hydrogen-bond donors (Lipinski definition) is 1. The van der Waals surface area contributed by atoms with Crippen molar-refractivity contribution in [2.75, 3.05) is 0 Å². The molecule has 1 aromatic heterocycles. The number of nitrogens with zero attached hydrogens (tertiary/aromatic N) is 2. The summed E-state index contributed by atoms with van der Waals surface area (Å²) in [6.45, 7) is 2.00. The minimum Gasteiger partial charge on any atom is -0.478 e. The maximum Gasteiger partial charge on any atom is 0.337 e. The van der Waals surface area contributed by atoms with Gasteiger partial charge in [0.05, 0.1) is 11.1 Å². The summed E-state index contributed by atoms with van der Waals surface area (Å²) in [6.07, 6.45) is 5.25. The molecule has 4 nitrogen and oxygen atoms in total. The highest BCUT2D eigenvalue weighted by Gasteiger charge is 2.41. The van der Waals surface area contributed by atoms with E-state index in [0.717, 1.165) is 23.2 Å². The van der Waals surface area contributed by atoms with Gasteiger partial charge in [-0.2, -0.15) is 0 Å². The third-order valence-electron chi connectivity index (χ3n) is 5.16. The zero-order valence-corrected chi connectivity index (χ0v) is 11.5. The summed E-state index contributed by atoms with van der Waals surface area (Å²) in [4.78, 5) is 15.9. The highest BCUT2D eigenvalue weighted by atomic mass is 16.4. The number of carboxylic acids is 1. The summed E-state index contributed by atoms with van der Waals surface area (Å²) in [5, 5.41) is 9.30. The van der Waals surface area contributed by atoms with Crippen molar-refractivity contribution in [3.8, 4) is 0 Å². The quantitative estimate of drug-likeness (QED) is 0.909. The Hall–Kier alpha value is -1.84. The van der Waals surface area contributed by atoms with E-state index in [4.69, 9.17) is 0 Å². The topological polar surface area (TPSA) is 55.1 Å². The molecule has 20 heavy (non-hydrogen) atoms. The second-order valence-corrected chi connectivity index (χ2v) is 6.25. The van der Waals surface area contributed by atoms with Crippen molar-refractivity contribution in [2.24, 2.45) is 11.8 Å². The van der Waals surface area contributed by atoms with Crippen LogP contribution in [0.3, 0.4) is 0 Å². The first-order chi connectivity index (χ1) is 9.65. The highest BCUT2D eigenvalue weighted by Crippen LogP contribution is 2.51. The van der Waals surface area contributed by atoms with Crippen LogP contribution >= 0.6 is 0 Å². The number of carboxylic acid groups (broad SMARTS) is 1. The molecule has 4 rings (SSSR count). The Morgan fingerprint density at radius 1 is 1.35 bits per heavy atom. The largest absolute Gasteiger partial charge is 0.478 e. The van der Waals surface area contributed by atoms with Crippen molar-refractivity contribution in [1.82, 2.24) is 9.55 Å². The summed E-state index contributed by atoms with van der Waals surface area (Å²) in [5.74, 6) is 1.67. The van der Waals surface area contributed by atoms with E-state index in [1.165, 1.54) is 25.7 Å². The predicted molar refractivity (Wildman–Crippen MR) is 75.9 cm³/mol. The number of aromatic carboxylic acids is 1. The van der Waals surface area contributed by atoms with E-state index in [9.17, 15) is 9.90 Å². The molecule has 0 aliphatic heterocycles. The second kappa shape index (κ2) is 4.08. The first kappa shape index (κ1) is 11.9. The fraction of sp³-hybridized carbons (Fsp3) is 0.500. The fourth-order valence-corrected chi connectivity index (χ4v) is 4.35. The molecular weight excluding hydrogens is 252 g/mol. The SMILES string of the molecule is Cc1nc2c(C(=O)O)cccc2n1C1CC2CCC1C2.